The molecule has 1 atom stereocenters. The predicted molar refractivity (Wildman–Crippen MR) is 154 cm³/mol. The van der Waals surface area contributed by atoms with Crippen molar-refractivity contribution in [2.24, 2.45) is 0 Å². The average molecular weight is 484 g/mol. The second-order valence-electron chi connectivity index (χ2n) is 10.6. The average Bonchev–Trinajstić information content (AvgIpc) is 2.93. The Morgan fingerprint density at radius 3 is 2.35 bits per heavy atom. The lowest BCUT2D eigenvalue weighted by molar-refractivity contribution is 0.327. The van der Waals surface area contributed by atoms with E-state index in [-0.39, 0.29) is 0 Å². The SMILES string of the molecule is CCCN1c2cc(c3cccc4c3c2CC=C4)O[B-]12Oc1cc(c3cccc4cccc1c43)=[N+]2CCC. The van der Waals surface area contributed by atoms with Crippen molar-refractivity contribution in [3.05, 3.63) is 89.3 Å². The van der Waals surface area contributed by atoms with E-state index in [1.54, 1.807) is 0 Å². The van der Waals surface area contributed by atoms with Crippen LogP contribution in [0.15, 0.2) is 72.8 Å². The maximum absolute atomic E-state index is 7.20. The van der Waals surface area contributed by atoms with E-state index in [1.165, 1.54) is 49.1 Å². The molecule has 37 heavy (non-hydrogen) atoms. The van der Waals surface area contributed by atoms with E-state index in [2.05, 4.69) is 102 Å². The summed E-state index contributed by atoms with van der Waals surface area (Å²) in [6, 6.07) is 24.2. The molecule has 1 unspecified atom stereocenters. The third kappa shape index (κ3) is 2.67. The van der Waals surface area contributed by atoms with Gasteiger partial charge in [0.2, 0.25) is 0 Å². The molecule has 0 N–H and O–H groups in total. The van der Waals surface area contributed by atoms with Crippen LogP contribution in [-0.2, 0) is 6.42 Å². The van der Waals surface area contributed by atoms with Gasteiger partial charge in [0.15, 0.2) is 5.36 Å². The van der Waals surface area contributed by atoms with Gasteiger partial charge in [-0.15, -0.1) is 0 Å². The Kier molecular flexibility index (Phi) is 4.29. The fourth-order valence-electron chi connectivity index (χ4n) is 7.09. The van der Waals surface area contributed by atoms with Crippen molar-refractivity contribution in [3.8, 4) is 11.5 Å². The smallest absolute Gasteiger partial charge is 0.601 e. The Bertz CT molecular complexity index is 1860. The fraction of sp³-hybridized carbons (Fsp3) is 0.219. The molecule has 0 radical (unpaired) electrons. The van der Waals surface area contributed by atoms with Gasteiger partial charge in [0.05, 0.1) is 11.5 Å². The summed E-state index contributed by atoms with van der Waals surface area (Å²) < 4.78 is 16.8. The summed E-state index contributed by atoms with van der Waals surface area (Å²) in [6.45, 7) is 4.17. The van der Waals surface area contributed by atoms with Crippen LogP contribution in [0.1, 0.15) is 37.8 Å². The quantitative estimate of drug-likeness (QED) is 0.273. The normalized spacial score (nSPS) is 19.2. The number of fused-ring (bicyclic) bond motifs is 8. The van der Waals surface area contributed by atoms with Crippen molar-refractivity contribution in [3.63, 3.8) is 0 Å². The van der Waals surface area contributed by atoms with Gasteiger partial charge in [-0.2, -0.15) is 0 Å². The lowest BCUT2D eigenvalue weighted by Gasteiger charge is -2.51. The second kappa shape index (κ2) is 7.52. The number of rotatable bonds is 4. The van der Waals surface area contributed by atoms with Gasteiger partial charge >= 0.3 is 6.82 Å². The van der Waals surface area contributed by atoms with Gasteiger partial charge in [-0.1, -0.05) is 74.5 Å². The number of hydrogen-bond acceptors (Lipinski definition) is 3. The van der Waals surface area contributed by atoms with E-state index in [0.717, 1.165) is 49.2 Å². The molecule has 0 amide bonds. The van der Waals surface area contributed by atoms with E-state index >= 15 is 0 Å². The van der Waals surface area contributed by atoms with Crippen LogP contribution < -0.4 is 24.0 Å². The summed E-state index contributed by atoms with van der Waals surface area (Å²) >= 11 is 0. The van der Waals surface area contributed by atoms with Crippen LogP contribution in [0.25, 0.3) is 38.4 Å². The largest absolute Gasteiger partial charge is 0.770 e. The Labute approximate surface area is 216 Å². The Hall–Kier alpha value is -3.99. The molecular formula is C32H29BN2O2. The van der Waals surface area contributed by atoms with Crippen LogP contribution in [-0.4, -0.2) is 19.9 Å². The molecule has 1 aliphatic carbocycles. The highest BCUT2D eigenvalue weighted by atomic mass is 16.6. The zero-order chi connectivity index (χ0) is 24.7. The molecule has 5 aromatic rings. The van der Waals surface area contributed by atoms with Gasteiger partial charge < -0.3 is 18.6 Å². The van der Waals surface area contributed by atoms with Crippen molar-refractivity contribution >= 4 is 50.9 Å². The van der Waals surface area contributed by atoms with E-state index < -0.39 is 6.82 Å². The summed E-state index contributed by atoms with van der Waals surface area (Å²) in [5.74, 6) is 1.84. The van der Waals surface area contributed by atoms with E-state index in [4.69, 9.17) is 9.31 Å². The third-order valence-electron chi connectivity index (χ3n) is 8.47. The molecule has 2 aliphatic heterocycles. The minimum atomic E-state index is -2.01. The Morgan fingerprint density at radius 1 is 0.838 bits per heavy atom. The molecule has 0 saturated carbocycles. The van der Waals surface area contributed by atoms with Gasteiger partial charge in [-0.25, -0.2) is 0 Å². The number of nitrogens with zero attached hydrogens (tertiary/aromatic N) is 2. The van der Waals surface area contributed by atoms with Crippen LogP contribution in [0.3, 0.4) is 0 Å². The Balaban J connectivity index is 1.50. The molecule has 5 heteroatoms. The summed E-state index contributed by atoms with van der Waals surface area (Å²) in [4.78, 5) is 2.45. The van der Waals surface area contributed by atoms with Gasteiger partial charge in [0, 0.05) is 33.3 Å². The van der Waals surface area contributed by atoms with Crippen molar-refractivity contribution in [2.75, 3.05) is 17.9 Å². The van der Waals surface area contributed by atoms with Crippen LogP contribution in [0, 0.1) is 0 Å². The molecular weight excluding hydrogens is 455 g/mol. The first-order chi connectivity index (χ1) is 18.2. The number of anilines is 1. The summed E-state index contributed by atoms with van der Waals surface area (Å²) in [5.41, 5.74) is 3.91. The molecule has 0 aromatic heterocycles. The number of hydrogen-bond donors (Lipinski definition) is 0. The first-order valence-corrected chi connectivity index (χ1v) is 13.7. The maximum atomic E-state index is 7.20. The minimum absolute atomic E-state index is 0.848. The minimum Gasteiger partial charge on any atom is -0.601 e. The van der Waals surface area contributed by atoms with Crippen LogP contribution in [0.5, 0.6) is 11.5 Å². The van der Waals surface area contributed by atoms with Crippen LogP contribution in [0.4, 0.5) is 5.69 Å². The highest BCUT2D eigenvalue weighted by Crippen LogP contribution is 2.47. The standard InChI is InChI=1S/C32H29BN2O2/c1-3-17-34-27-19-29(25-15-7-11-21-9-5-13-23(27)31(21)25)36-33(34)35(18-4-2)28-20-30(37-33)26-16-8-12-22-10-6-14-24(28)32(22)26/h5-13,15-16,19-20H,3-4,14,17-18H2,1-2H3. The molecule has 2 heterocycles. The number of allylic oxidation sites excluding steroid dienone is 1. The summed E-state index contributed by atoms with van der Waals surface area (Å²) in [5, 5.41) is 8.64. The van der Waals surface area contributed by atoms with Crippen LogP contribution >= 0.6 is 0 Å². The molecule has 3 aliphatic rings. The fourth-order valence-corrected chi connectivity index (χ4v) is 7.09. The number of benzene rings is 5. The molecule has 0 fully saturated rings. The summed E-state index contributed by atoms with van der Waals surface area (Å²) in [6.07, 6.45) is 7.46. The van der Waals surface area contributed by atoms with E-state index in [0.29, 0.717) is 0 Å². The lowest BCUT2D eigenvalue weighted by atomic mass is 9.75. The molecule has 1 spiro atoms. The predicted octanol–water partition coefficient (Wildman–Crippen LogP) is 6.47. The monoisotopic (exact) mass is 484 g/mol. The first-order valence-electron chi connectivity index (χ1n) is 13.7. The van der Waals surface area contributed by atoms with Crippen molar-refractivity contribution in [2.45, 2.75) is 33.1 Å². The van der Waals surface area contributed by atoms with Gasteiger partial charge in [0.1, 0.15) is 6.54 Å². The molecule has 0 saturated heterocycles. The molecule has 182 valence electrons. The van der Waals surface area contributed by atoms with Gasteiger partial charge in [-0.3, -0.25) is 0 Å². The highest BCUT2D eigenvalue weighted by molar-refractivity contribution is 6.72. The Morgan fingerprint density at radius 2 is 1.57 bits per heavy atom. The van der Waals surface area contributed by atoms with E-state index in [1.807, 2.05) is 0 Å². The van der Waals surface area contributed by atoms with Crippen molar-refractivity contribution in [1.82, 2.24) is 4.49 Å². The first kappa shape index (κ1) is 21.1. The molecule has 8 rings (SSSR count). The van der Waals surface area contributed by atoms with Crippen molar-refractivity contribution in [1.29, 1.82) is 0 Å². The molecule has 4 bridgehead atoms. The second-order valence-corrected chi connectivity index (χ2v) is 10.6. The van der Waals surface area contributed by atoms with Gasteiger partial charge in [-0.05, 0) is 59.8 Å². The van der Waals surface area contributed by atoms with Crippen molar-refractivity contribution < 1.29 is 9.31 Å². The zero-order valence-corrected chi connectivity index (χ0v) is 21.3. The maximum Gasteiger partial charge on any atom is 0.770 e. The summed E-state index contributed by atoms with van der Waals surface area (Å²) in [7, 11) is 0. The highest BCUT2D eigenvalue weighted by Gasteiger charge is 2.59. The van der Waals surface area contributed by atoms with Gasteiger partial charge in [0.25, 0.3) is 0 Å². The molecule has 4 nitrogen and oxygen atoms in total. The third-order valence-corrected chi connectivity index (χ3v) is 8.47. The molecule has 5 aromatic carbocycles. The van der Waals surface area contributed by atoms with Crippen LogP contribution in [0.2, 0.25) is 0 Å². The van der Waals surface area contributed by atoms with E-state index in [9.17, 15) is 0 Å². The lowest BCUT2D eigenvalue weighted by Crippen LogP contribution is -2.77. The zero-order valence-electron chi connectivity index (χ0n) is 21.3. The topological polar surface area (TPSA) is 24.7 Å².